The molecule has 0 aromatic carbocycles. The second kappa shape index (κ2) is 5.42. The third kappa shape index (κ3) is 2.77. The molecule has 0 bridgehead atoms. The summed E-state index contributed by atoms with van der Waals surface area (Å²) in [5, 5.41) is 9.48. The Morgan fingerprint density at radius 3 is 2.63 bits per heavy atom. The molecule has 4 N–H and O–H groups in total. The number of carbonyl (C=O) groups is 1. The zero-order chi connectivity index (χ0) is 14.0. The van der Waals surface area contributed by atoms with Crippen LogP contribution in [-0.2, 0) is 0 Å². The highest BCUT2D eigenvalue weighted by Gasteiger charge is 2.25. The molecule has 1 heterocycles. The van der Waals surface area contributed by atoms with Crippen molar-refractivity contribution >= 4 is 5.91 Å². The van der Waals surface area contributed by atoms with Gasteiger partial charge in [-0.15, -0.1) is 0 Å². The fraction of sp³-hybridized carbons (Fsp3) is 0.615. The van der Waals surface area contributed by atoms with Crippen molar-refractivity contribution in [2.75, 3.05) is 0 Å². The van der Waals surface area contributed by atoms with Gasteiger partial charge >= 0.3 is 0 Å². The number of rotatable bonds is 3. The molecular formula is C13H19N3O3. The first-order valence-corrected chi connectivity index (χ1v) is 6.63. The van der Waals surface area contributed by atoms with Crippen LogP contribution >= 0.6 is 0 Å². The standard InChI is InChI=1S/C13H19N3O3/c1-7(8-5-3-2-4-6-8)12-15-9(11(14)18)10(17)13(19)16-12/h7-8,17H,2-6H2,1H3,(H2,14,18)(H,15,16,19). The highest BCUT2D eigenvalue weighted by Crippen LogP contribution is 2.34. The average Bonchev–Trinajstić information content (AvgIpc) is 2.41. The van der Waals surface area contributed by atoms with E-state index in [9.17, 15) is 14.7 Å². The second-order valence-electron chi connectivity index (χ2n) is 5.20. The Labute approximate surface area is 111 Å². The van der Waals surface area contributed by atoms with Gasteiger partial charge < -0.3 is 15.8 Å². The normalized spacial score (nSPS) is 18.2. The van der Waals surface area contributed by atoms with Crippen molar-refractivity contribution in [1.82, 2.24) is 9.97 Å². The molecule has 1 saturated carbocycles. The van der Waals surface area contributed by atoms with Gasteiger partial charge in [0.2, 0.25) is 5.75 Å². The monoisotopic (exact) mass is 265 g/mol. The first kappa shape index (κ1) is 13.6. The van der Waals surface area contributed by atoms with E-state index in [1.807, 2.05) is 6.92 Å². The summed E-state index contributed by atoms with van der Waals surface area (Å²) >= 11 is 0. The molecule has 19 heavy (non-hydrogen) atoms. The largest absolute Gasteiger partial charge is 0.501 e. The molecule has 1 aromatic heterocycles. The van der Waals surface area contributed by atoms with E-state index >= 15 is 0 Å². The number of nitrogens with two attached hydrogens (primary N) is 1. The predicted molar refractivity (Wildman–Crippen MR) is 70.0 cm³/mol. The first-order chi connectivity index (χ1) is 9.00. The number of carbonyl (C=O) groups excluding carboxylic acids is 1. The summed E-state index contributed by atoms with van der Waals surface area (Å²) in [5.41, 5.74) is 4.06. The SMILES string of the molecule is CC(c1nc(C(N)=O)c(O)c(=O)[nH]1)C1CCCCC1. The Morgan fingerprint density at radius 1 is 1.42 bits per heavy atom. The lowest BCUT2D eigenvalue weighted by Crippen LogP contribution is -2.24. The van der Waals surface area contributed by atoms with Crippen LogP contribution < -0.4 is 11.3 Å². The molecule has 6 nitrogen and oxygen atoms in total. The van der Waals surface area contributed by atoms with Crippen LogP contribution in [0.4, 0.5) is 0 Å². The van der Waals surface area contributed by atoms with E-state index in [1.165, 1.54) is 19.3 Å². The minimum Gasteiger partial charge on any atom is -0.501 e. The van der Waals surface area contributed by atoms with Crippen LogP contribution in [0.5, 0.6) is 5.75 Å². The molecule has 0 spiro atoms. The van der Waals surface area contributed by atoms with Gasteiger partial charge in [0.1, 0.15) is 5.82 Å². The Morgan fingerprint density at radius 2 is 2.05 bits per heavy atom. The molecule has 0 radical (unpaired) electrons. The van der Waals surface area contributed by atoms with E-state index in [4.69, 9.17) is 5.73 Å². The smallest absolute Gasteiger partial charge is 0.293 e. The van der Waals surface area contributed by atoms with Gasteiger partial charge in [-0.3, -0.25) is 9.59 Å². The van der Waals surface area contributed by atoms with Crippen molar-refractivity contribution in [3.8, 4) is 5.75 Å². The lowest BCUT2D eigenvalue weighted by atomic mass is 9.80. The Kier molecular flexibility index (Phi) is 3.87. The molecule has 6 heteroatoms. The highest BCUT2D eigenvalue weighted by atomic mass is 16.3. The number of amides is 1. The van der Waals surface area contributed by atoms with Crippen LogP contribution in [0.25, 0.3) is 0 Å². The molecule has 0 aliphatic heterocycles. The number of aromatic amines is 1. The van der Waals surface area contributed by atoms with Crippen LogP contribution in [-0.4, -0.2) is 21.0 Å². The van der Waals surface area contributed by atoms with Crippen LogP contribution in [0.1, 0.15) is 61.3 Å². The van der Waals surface area contributed by atoms with Gasteiger partial charge in [0.25, 0.3) is 11.5 Å². The van der Waals surface area contributed by atoms with Crippen molar-refractivity contribution in [3.63, 3.8) is 0 Å². The number of aromatic hydroxyl groups is 1. The van der Waals surface area contributed by atoms with Gasteiger partial charge in [-0.2, -0.15) is 0 Å². The Balaban J connectivity index is 2.34. The highest BCUT2D eigenvalue weighted by molar-refractivity contribution is 5.93. The fourth-order valence-corrected chi connectivity index (χ4v) is 2.73. The molecular weight excluding hydrogens is 246 g/mol. The second-order valence-corrected chi connectivity index (χ2v) is 5.20. The zero-order valence-corrected chi connectivity index (χ0v) is 11.0. The van der Waals surface area contributed by atoms with E-state index in [1.54, 1.807) is 0 Å². The van der Waals surface area contributed by atoms with E-state index in [0.29, 0.717) is 11.7 Å². The summed E-state index contributed by atoms with van der Waals surface area (Å²) in [6, 6.07) is 0. The summed E-state index contributed by atoms with van der Waals surface area (Å²) in [7, 11) is 0. The molecule has 1 aliphatic rings. The number of hydrogen-bond acceptors (Lipinski definition) is 4. The number of H-pyrrole nitrogens is 1. The fourth-order valence-electron chi connectivity index (χ4n) is 2.73. The van der Waals surface area contributed by atoms with Gasteiger partial charge in [0, 0.05) is 5.92 Å². The molecule has 1 amide bonds. The van der Waals surface area contributed by atoms with Gasteiger partial charge in [-0.25, -0.2) is 4.98 Å². The van der Waals surface area contributed by atoms with Crippen LogP contribution in [0.3, 0.4) is 0 Å². The predicted octanol–water partition coefficient (Wildman–Crippen LogP) is 1.26. The number of nitrogens with one attached hydrogen (secondary N) is 1. The molecule has 1 atom stereocenters. The minimum absolute atomic E-state index is 0.0479. The number of nitrogens with zero attached hydrogens (tertiary/aromatic N) is 1. The van der Waals surface area contributed by atoms with Crippen molar-refractivity contribution in [2.24, 2.45) is 11.7 Å². The Hall–Kier alpha value is -1.85. The van der Waals surface area contributed by atoms with Crippen molar-refractivity contribution in [2.45, 2.75) is 44.9 Å². The summed E-state index contributed by atoms with van der Waals surface area (Å²) in [6.45, 7) is 1.98. The van der Waals surface area contributed by atoms with Crippen molar-refractivity contribution in [3.05, 3.63) is 21.9 Å². The summed E-state index contributed by atoms with van der Waals surface area (Å²) in [4.78, 5) is 29.3. The van der Waals surface area contributed by atoms with E-state index in [2.05, 4.69) is 9.97 Å². The quantitative estimate of drug-likeness (QED) is 0.764. The van der Waals surface area contributed by atoms with Crippen molar-refractivity contribution in [1.29, 1.82) is 0 Å². The molecule has 2 rings (SSSR count). The lowest BCUT2D eigenvalue weighted by molar-refractivity contribution is 0.0991. The Bertz CT molecular complexity index is 532. The summed E-state index contributed by atoms with van der Waals surface area (Å²) in [5.74, 6) is -0.662. The lowest BCUT2D eigenvalue weighted by Gasteiger charge is -2.27. The third-order valence-corrected chi connectivity index (χ3v) is 3.93. The van der Waals surface area contributed by atoms with Crippen LogP contribution in [0.15, 0.2) is 4.79 Å². The van der Waals surface area contributed by atoms with Gasteiger partial charge in [0.05, 0.1) is 0 Å². The minimum atomic E-state index is -0.888. The average molecular weight is 265 g/mol. The van der Waals surface area contributed by atoms with E-state index < -0.39 is 17.2 Å². The molecule has 1 aliphatic carbocycles. The maximum atomic E-state index is 11.6. The summed E-state index contributed by atoms with van der Waals surface area (Å²) < 4.78 is 0. The molecule has 104 valence electrons. The number of aromatic nitrogens is 2. The summed E-state index contributed by atoms with van der Waals surface area (Å²) in [6.07, 6.45) is 5.80. The molecule has 1 unspecified atom stereocenters. The zero-order valence-electron chi connectivity index (χ0n) is 11.0. The molecule has 1 aromatic rings. The maximum absolute atomic E-state index is 11.6. The van der Waals surface area contributed by atoms with Gasteiger partial charge in [-0.1, -0.05) is 26.2 Å². The molecule has 0 saturated heterocycles. The van der Waals surface area contributed by atoms with Crippen LogP contribution in [0.2, 0.25) is 0 Å². The van der Waals surface area contributed by atoms with E-state index in [-0.39, 0.29) is 11.6 Å². The number of primary amides is 1. The molecule has 1 fully saturated rings. The van der Waals surface area contributed by atoms with Crippen molar-refractivity contribution < 1.29 is 9.90 Å². The van der Waals surface area contributed by atoms with Gasteiger partial charge in [0.15, 0.2) is 5.69 Å². The first-order valence-electron chi connectivity index (χ1n) is 6.63. The van der Waals surface area contributed by atoms with E-state index in [0.717, 1.165) is 12.8 Å². The maximum Gasteiger partial charge on any atom is 0.293 e. The number of hydrogen-bond donors (Lipinski definition) is 3. The third-order valence-electron chi connectivity index (χ3n) is 3.93. The van der Waals surface area contributed by atoms with Crippen LogP contribution in [0, 0.1) is 5.92 Å². The topological polar surface area (TPSA) is 109 Å². The van der Waals surface area contributed by atoms with Gasteiger partial charge in [-0.05, 0) is 18.8 Å².